The van der Waals surface area contributed by atoms with E-state index >= 15 is 0 Å². The average molecular weight is 361 g/mol. The highest BCUT2D eigenvalue weighted by atomic mass is 32.1. The van der Waals surface area contributed by atoms with E-state index in [-0.39, 0.29) is 12.5 Å². The van der Waals surface area contributed by atoms with Crippen LogP contribution in [0.1, 0.15) is 46.7 Å². The normalized spacial score (nSPS) is 11.1. The summed E-state index contributed by atoms with van der Waals surface area (Å²) in [5, 5.41) is 6.20. The number of benzene rings is 1. The number of amides is 2. The van der Waals surface area contributed by atoms with Gasteiger partial charge in [-0.2, -0.15) is 0 Å². The van der Waals surface area contributed by atoms with Crippen molar-refractivity contribution in [2.45, 2.75) is 46.8 Å². The van der Waals surface area contributed by atoms with Gasteiger partial charge in [-0.25, -0.2) is 9.78 Å². The Morgan fingerprint density at radius 1 is 1.20 bits per heavy atom. The van der Waals surface area contributed by atoms with Crippen LogP contribution in [0.5, 0.6) is 0 Å². The second-order valence-electron chi connectivity index (χ2n) is 6.65. The number of para-hydroxylation sites is 1. The van der Waals surface area contributed by atoms with Crippen LogP contribution >= 0.6 is 11.3 Å². The topological polar surface area (TPSA) is 80.3 Å². The third-order valence-electron chi connectivity index (χ3n) is 3.22. The third kappa shape index (κ3) is 5.56. The minimum Gasteiger partial charge on any atom is -0.444 e. The average Bonchev–Trinajstić information content (AvgIpc) is 2.87. The van der Waals surface area contributed by atoms with Crippen molar-refractivity contribution in [1.82, 2.24) is 10.3 Å². The molecule has 1 aromatic heterocycles. The molecule has 0 radical (unpaired) electrons. The highest BCUT2D eigenvalue weighted by Gasteiger charge is 2.18. The maximum Gasteiger partial charge on any atom is 0.408 e. The van der Waals surface area contributed by atoms with Gasteiger partial charge in [0.05, 0.1) is 12.2 Å². The maximum atomic E-state index is 12.5. The molecule has 1 heterocycles. The number of thiazole rings is 1. The van der Waals surface area contributed by atoms with Gasteiger partial charge in [0.15, 0.2) is 0 Å². The fourth-order valence-corrected chi connectivity index (χ4v) is 2.99. The molecule has 0 atom stereocenters. The van der Waals surface area contributed by atoms with Crippen LogP contribution in [0.25, 0.3) is 0 Å². The Kier molecular flexibility index (Phi) is 5.79. The SMILES string of the molecule is Cc1ccccc1NC(=O)c1sc(CNC(=O)OC(C)(C)C)nc1C. The molecule has 2 aromatic rings. The van der Waals surface area contributed by atoms with Gasteiger partial charge >= 0.3 is 6.09 Å². The summed E-state index contributed by atoms with van der Waals surface area (Å²) < 4.78 is 5.18. The predicted molar refractivity (Wildman–Crippen MR) is 99.1 cm³/mol. The van der Waals surface area contributed by atoms with Crippen molar-refractivity contribution >= 4 is 29.0 Å². The van der Waals surface area contributed by atoms with E-state index in [0.29, 0.717) is 15.6 Å². The van der Waals surface area contributed by atoms with Crippen LogP contribution in [0.3, 0.4) is 0 Å². The van der Waals surface area contributed by atoms with Gasteiger partial charge in [0.1, 0.15) is 15.5 Å². The van der Waals surface area contributed by atoms with E-state index in [2.05, 4.69) is 15.6 Å². The number of alkyl carbamates (subject to hydrolysis) is 1. The van der Waals surface area contributed by atoms with E-state index in [4.69, 9.17) is 4.74 Å². The van der Waals surface area contributed by atoms with E-state index in [1.807, 2.05) is 31.2 Å². The number of rotatable bonds is 4. The molecule has 0 spiro atoms. The van der Waals surface area contributed by atoms with E-state index in [0.717, 1.165) is 11.3 Å². The zero-order chi connectivity index (χ0) is 18.6. The molecule has 2 N–H and O–H groups in total. The van der Waals surface area contributed by atoms with Gasteiger partial charge in [0.25, 0.3) is 5.91 Å². The highest BCUT2D eigenvalue weighted by molar-refractivity contribution is 7.13. The number of nitrogens with zero attached hydrogens (tertiary/aromatic N) is 1. The monoisotopic (exact) mass is 361 g/mol. The summed E-state index contributed by atoms with van der Waals surface area (Å²) in [5.74, 6) is -0.201. The Morgan fingerprint density at radius 2 is 1.88 bits per heavy atom. The molecule has 0 saturated carbocycles. The Labute approximate surface area is 151 Å². The molecule has 0 unspecified atom stereocenters. The number of carbonyl (C=O) groups is 2. The summed E-state index contributed by atoms with van der Waals surface area (Å²) in [4.78, 5) is 29.1. The van der Waals surface area contributed by atoms with E-state index in [1.54, 1.807) is 27.7 Å². The predicted octanol–water partition coefficient (Wildman–Crippen LogP) is 4.04. The minimum atomic E-state index is -0.554. The van der Waals surface area contributed by atoms with Crippen molar-refractivity contribution in [2.75, 3.05) is 5.32 Å². The van der Waals surface area contributed by atoms with Crippen molar-refractivity contribution < 1.29 is 14.3 Å². The quantitative estimate of drug-likeness (QED) is 0.861. The number of aryl methyl sites for hydroxylation is 2. The Bertz CT molecular complexity index is 778. The summed E-state index contributed by atoms with van der Waals surface area (Å²) in [6.45, 7) is 9.33. The van der Waals surface area contributed by atoms with Crippen LogP contribution in [-0.4, -0.2) is 22.6 Å². The van der Waals surface area contributed by atoms with E-state index in [1.165, 1.54) is 11.3 Å². The van der Waals surface area contributed by atoms with E-state index < -0.39 is 11.7 Å². The summed E-state index contributed by atoms with van der Waals surface area (Å²) in [7, 11) is 0. The molecule has 0 fully saturated rings. The van der Waals surface area contributed by atoms with Gasteiger partial charge in [0.2, 0.25) is 0 Å². The van der Waals surface area contributed by atoms with Crippen LogP contribution < -0.4 is 10.6 Å². The lowest BCUT2D eigenvalue weighted by molar-refractivity contribution is 0.0523. The first-order valence-electron chi connectivity index (χ1n) is 7.96. The number of ether oxygens (including phenoxy) is 1. The summed E-state index contributed by atoms with van der Waals surface area (Å²) in [6.07, 6.45) is -0.508. The van der Waals surface area contributed by atoms with Crippen LogP contribution in [-0.2, 0) is 11.3 Å². The van der Waals surface area contributed by atoms with Crippen LogP contribution in [0.4, 0.5) is 10.5 Å². The molecule has 2 rings (SSSR count). The Morgan fingerprint density at radius 3 is 2.52 bits per heavy atom. The number of aromatic nitrogens is 1. The second-order valence-corrected chi connectivity index (χ2v) is 7.73. The number of carbonyl (C=O) groups excluding carboxylic acids is 2. The number of hydrogen-bond donors (Lipinski definition) is 2. The standard InChI is InChI=1S/C18H23N3O3S/c1-11-8-6-7-9-13(11)21-16(22)15-12(2)20-14(25-15)10-19-17(23)24-18(3,4)5/h6-9H,10H2,1-5H3,(H,19,23)(H,21,22). The van der Waals surface area contributed by atoms with Gasteiger partial charge in [-0.05, 0) is 46.2 Å². The van der Waals surface area contributed by atoms with Crippen molar-refractivity contribution in [1.29, 1.82) is 0 Å². The lowest BCUT2D eigenvalue weighted by Crippen LogP contribution is -2.32. The molecule has 2 amide bonds. The minimum absolute atomic E-state index is 0.201. The molecule has 0 aliphatic heterocycles. The van der Waals surface area contributed by atoms with Crippen molar-refractivity contribution in [3.05, 3.63) is 45.4 Å². The summed E-state index contributed by atoms with van der Waals surface area (Å²) in [5.41, 5.74) is 1.84. The summed E-state index contributed by atoms with van der Waals surface area (Å²) >= 11 is 1.26. The molecule has 25 heavy (non-hydrogen) atoms. The molecule has 0 aliphatic rings. The molecule has 6 nitrogen and oxygen atoms in total. The smallest absolute Gasteiger partial charge is 0.408 e. The molecule has 0 aliphatic carbocycles. The van der Waals surface area contributed by atoms with Gasteiger partial charge in [-0.15, -0.1) is 11.3 Å². The molecular weight excluding hydrogens is 338 g/mol. The first kappa shape index (κ1) is 18.9. The fraction of sp³-hybridized carbons (Fsp3) is 0.389. The molecule has 1 aromatic carbocycles. The lowest BCUT2D eigenvalue weighted by atomic mass is 10.2. The maximum absolute atomic E-state index is 12.5. The number of anilines is 1. The van der Waals surface area contributed by atoms with Gasteiger partial charge in [0, 0.05) is 5.69 Å². The first-order valence-corrected chi connectivity index (χ1v) is 8.77. The first-order chi connectivity index (χ1) is 11.7. The van der Waals surface area contributed by atoms with Crippen molar-refractivity contribution in [2.24, 2.45) is 0 Å². The van der Waals surface area contributed by atoms with E-state index in [9.17, 15) is 9.59 Å². The largest absolute Gasteiger partial charge is 0.444 e. The van der Waals surface area contributed by atoms with Gasteiger partial charge in [-0.3, -0.25) is 4.79 Å². The van der Waals surface area contributed by atoms with Gasteiger partial charge < -0.3 is 15.4 Å². The van der Waals surface area contributed by atoms with Crippen LogP contribution in [0.2, 0.25) is 0 Å². The number of hydrogen-bond acceptors (Lipinski definition) is 5. The fourth-order valence-electron chi connectivity index (χ4n) is 2.09. The molecule has 134 valence electrons. The van der Waals surface area contributed by atoms with Crippen molar-refractivity contribution in [3.63, 3.8) is 0 Å². The zero-order valence-corrected chi connectivity index (χ0v) is 15.9. The Hall–Kier alpha value is -2.41. The Balaban J connectivity index is 2.01. The molecular formula is C18H23N3O3S. The van der Waals surface area contributed by atoms with Crippen LogP contribution in [0.15, 0.2) is 24.3 Å². The molecule has 7 heteroatoms. The van der Waals surface area contributed by atoms with Crippen LogP contribution in [0, 0.1) is 13.8 Å². The van der Waals surface area contributed by atoms with Crippen molar-refractivity contribution in [3.8, 4) is 0 Å². The summed E-state index contributed by atoms with van der Waals surface area (Å²) in [6, 6.07) is 7.58. The van der Waals surface area contributed by atoms with Gasteiger partial charge in [-0.1, -0.05) is 18.2 Å². The second kappa shape index (κ2) is 7.65. The third-order valence-corrected chi connectivity index (χ3v) is 4.38. The molecule has 0 bridgehead atoms. The lowest BCUT2D eigenvalue weighted by Gasteiger charge is -2.19. The highest BCUT2D eigenvalue weighted by Crippen LogP contribution is 2.21. The zero-order valence-electron chi connectivity index (χ0n) is 15.1. The number of nitrogens with one attached hydrogen (secondary N) is 2. The molecule has 0 saturated heterocycles.